The van der Waals surface area contributed by atoms with Crippen molar-refractivity contribution < 1.29 is 13.5 Å². The van der Waals surface area contributed by atoms with Crippen LogP contribution >= 0.6 is 11.6 Å². The van der Waals surface area contributed by atoms with Gasteiger partial charge in [0.2, 0.25) is 5.28 Å². The highest BCUT2D eigenvalue weighted by Crippen LogP contribution is 2.26. The van der Waals surface area contributed by atoms with E-state index >= 15 is 0 Å². The maximum atomic E-state index is 12.4. The Hall–Kier alpha value is -0.630. The van der Waals surface area contributed by atoms with E-state index in [-0.39, 0.29) is 16.2 Å². The first-order valence-electron chi connectivity index (χ1n) is 6.65. The topological polar surface area (TPSA) is 75.4 Å². The number of aromatic nitrogens is 2. The predicted octanol–water partition coefficient (Wildman–Crippen LogP) is 1.25. The highest BCUT2D eigenvalue weighted by molar-refractivity contribution is 7.89. The summed E-state index contributed by atoms with van der Waals surface area (Å²) < 4.78 is 27.5. The second-order valence-corrected chi connectivity index (χ2v) is 7.69. The number of imidazole rings is 1. The van der Waals surface area contributed by atoms with E-state index in [1.807, 2.05) is 0 Å². The molecule has 2 unspecified atom stereocenters. The highest BCUT2D eigenvalue weighted by atomic mass is 35.5. The molecule has 114 valence electrons. The van der Waals surface area contributed by atoms with E-state index < -0.39 is 16.1 Å². The lowest BCUT2D eigenvalue weighted by Gasteiger charge is -2.30. The van der Waals surface area contributed by atoms with Gasteiger partial charge in [-0.1, -0.05) is 12.8 Å². The van der Waals surface area contributed by atoms with Crippen molar-refractivity contribution in [2.24, 2.45) is 13.0 Å². The Morgan fingerprint density at radius 1 is 1.50 bits per heavy atom. The summed E-state index contributed by atoms with van der Waals surface area (Å²) in [5.41, 5.74) is 0. The minimum Gasteiger partial charge on any atom is -0.393 e. The molecule has 1 saturated carbocycles. The van der Waals surface area contributed by atoms with Crippen LogP contribution in [0.1, 0.15) is 25.7 Å². The van der Waals surface area contributed by atoms with Gasteiger partial charge < -0.3 is 9.67 Å². The van der Waals surface area contributed by atoms with Crippen LogP contribution < -0.4 is 0 Å². The third-order valence-electron chi connectivity index (χ3n) is 3.83. The molecule has 0 aromatic carbocycles. The summed E-state index contributed by atoms with van der Waals surface area (Å²) in [4.78, 5) is 3.85. The van der Waals surface area contributed by atoms with Crippen molar-refractivity contribution in [1.82, 2.24) is 13.9 Å². The molecule has 2 atom stereocenters. The van der Waals surface area contributed by atoms with Crippen molar-refractivity contribution in [2.75, 3.05) is 13.6 Å². The van der Waals surface area contributed by atoms with Gasteiger partial charge in [-0.2, -0.15) is 4.31 Å². The Morgan fingerprint density at radius 2 is 2.15 bits per heavy atom. The number of hydrogen-bond donors (Lipinski definition) is 1. The van der Waals surface area contributed by atoms with Gasteiger partial charge in [0.05, 0.1) is 6.10 Å². The predicted molar refractivity (Wildman–Crippen MR) is 76.0 cm³/mol. The zero-order valence-corrected chi connectivity index (χ0v) is 13.2. The molecule has 1 aliphatic rings. The number of aliphatic hydroxyl groups excluding tert-OH is 1. The maximum absolute atomic E-state index is 12.4. The number of aryl methyl sites for hydroxylation is 1. The molecule has 1 aromatic rings. The average molecular weight is 322 g/mol. The van der Waals surface area contributed by atoms with Crippen molar-refractivity contribution in [2.45, 2.75) is 36.8 Å². The number of halogens is 1. The lowest BCUT2D eigenvalue weighted by atomic mass is 9.86. The molecule has 20 heavy (non-hydrogen) atoms. The van der Waals surface area contributed by atoms with E-state index in [0.717, 1.165) is 25.7 Å². The van der Waals surface area contributed by atoms with E-state index in [0.29, 0.717) is 6.54 Å². The molecule has 1 aromatic heterocycles. The van der Waals surface area contributed by atoms with Crippen molar-refractivity contribution in [3.05, 3.63) is 11.5 Å². The lowest BCUT2D eigenvalue weighted by Crippen LogP contribution is -2.38. The lowest BCUT2D eigenvalue weighted by molar-refractivity contribution is 0.0620. The molecular weight excluding hydrogens is 302 g/mol. The standard InChI is InChI=1S/C12H20ClN3O3S/c1-15-8-11(14-12(15)13)20(18,19)16(2)7-9-5-3-4-6-10(9)17/h8-10,17H,3-7H2,1-2H3. The fourth-order valence-electron chi connectivity index (χ4n) is 2.53. The number of rotatable bonds is 4. The summed E-state index contributed by atoms with van der Waals surface area (Å²) >= 11 is 5.78. The molecule has 0 bridgehead atoms. The number of aliphatic hydroxyl groups is 1. The van der Waals surface area contributed by atoms with Crippen molar-refractivity contribution >= 4 is 21.6 Å². The number of hydrogen-bond acceptors (Lipinski definition) is 4. The van der Waals surface area contributed by atoms with E-state index in [2.05, 4.69) is 4.98 Å². The Kier molecular flexibility index (Phi) is 4.73. The quantitative estimate of drug-likeness (QED) is 0.905. The Morgan fingerprint density at radius 3 is 2.70 bits per heavy atom. The fourth-order valence-corrected chi connectivity index (χ4v) is 3.92. The third-order valence-corrected chi connectivity index (χ3v) is 5.88. The van der Waals surface area contributed by atoms with Gasteiger partial charge in [-0.3, -0.25) is 0 Å². The molecule has 0 amide bonds. The van der Waals surface area contributed by atoms with Gasteiger partial charge in [-0.05, 0) is 30.4 Å². The van der Waals surface area contributed by atoms with Gasteiger partial charge in [-0.15, -0.1) is 0 Å². The van der Waals surface area contributed by atoms with Gasteiger partial charge in [0.1, 0.15) is 0 Å². The smallest absolute Gasteiger partial charge is 0.261 e. The van der Waals surface area contributed by atoms with E-state index in [1.165, 1.54) is 22.1 Å². The highest BCUT2D eigenvalue weighted by Gasteiger charge is 2.30. The maximum Gasteiger partial charge on any atom is 0.261 e. The minimum absolute atomic E-state index is 0.0114. The van der Waals surface area contributed by atoms with Crippen LogP contribution in [0, 0.1) is 5.92 Å². The molecule has 2 rings (SSSR count). The summed E-state index contributed by atoms with van der Waals surface area (Å²) in [7, 11) is -0.506. The molecule has 6 nitrogen and oxygen atoms in total. The van der Waals surface area contributed by atoms with Crippen LogP contribution in [-0.2, 0) is 17.1 Å². The zero-order chi connectivity index (χ0) is 14.9. The van der Waals surface area contributed by atoms with Crippen LogP contribution in [0.4, 0.5) is 0 Å². The average Bonchev–Trinajstić information content (AvgIpc) is 2.73. The van der Waals surface area contributed by atoms with Crippen LogP contribution in [0.15, 0.2) is 11.2 Å². The van der Waals surface area contributed by atoms with E-state index in [4.69, 9.17) is 11.6 Å². The Labute approximate surface area is 124 Å². The van der Waals surface area contributed by atoms with Gasteiger partial charge >= 0.3 is 0 Å². The SMILES string of the molecule is CN(CC1CCCCC1O)S(=O)(=O)c1cn(C)c(Cl)n1. The van der Waals surface area contributed by atoms with Crippen LogP contribution in [0.2, 0.25) is 5.28 Å². The number of nitrogens with zero attached hydrogens (tertiary/aromatic N) is 3. The molecule has 1 N–H and O–H groups in total. The Balaban J connectivity index is 2.12. The van der Waals surface area contributed by atoms with Gasteiger partial charge in [-0.25, -0.2) is 13.4 Å². The molecule has 0 spiro atoms. The first kappa shape index (κ1) is 15.8. The molecule has 1 heterocycles. The molecule has 0 radical (unpaired) electrons. The number of sulfonamides is 1. The molecule has 8 heteroatoms. The van der Waals surface area contributed by atoms with Crippen molar-refractivity contribution in [3.63, 3.8) is 0 Å². The van der Waals surface area contributed by atoms with Crippen LogP contribution in [0.5, 0.6) is 0 Å². The van der Waals surface area contributed by atoms with Crippen LogP contribution in [0.3, 0.4) is 0 Å². The zero-order valence-electron chi connectivity index (χ0n) is 11.7. The third kappa shape index (κ3) is 3.16. The summed E-state index contributed by atoms with van der Waals surface area (Å²) in [6, 6.07) is 0. The summed E-state index contributed by atoms with van der Waals surface area (Å²) in [6.07, 6.45) is 4.60. The van der Waals surface area contributed by atoms with Gasteiger partial charge in [0.25, 0.3) is 10.0 Å². The second-order valence-electron chi connectivity index (χ2n) is 5.36. The molecule has 1 aliphatic carbocycles. The summed E-state index contributed by atoms with van der Waals surface area (Å²) in [5, 5.41) is 10.0. The van der Waals surface area contributed by atoms with Crippen LogP contribution in [-0.4, -0.2) is 47.1 Å². The summed E-state index contributed by atoms with van der Waals surface area (Å²) in [5.74, 6) is -0.0114. The van der Waals surface area contributed by atoms with Gasteiger partial charge in [0, 0.05) is 26.8 Å². The van der Waals surface area contributed by atoms with Crippen molar-refractivity contribution in [1.29, 1.82) is 0 Å². The monoisotopic (exact) mass is 321 g/mol. The van der Waals surface area contributed by atoms with E-state index in [1.54, 1.807) is 7.05 Å². The molecular formula is C12H20ClN3O3S. The largest absolute Gasteiger partial charge is 0.393 e. The molecule has 0 aliphatic heterocycles. The van der Waals surface area contributed by atoms with Crippen molar-refractivity contribution in [3.8, 4) is 0 Å². The minimum atomic E-state index is -3.66. The second kappa shape index (κ2) is 6.01. The van der Waals surface area contributed by atoms with Gasteiger partial charge in [0.15, 0.2) is 5.03 Å². The first-order chi connectivity index (χ1) is 9.32. The normalized spacial score (nSPS) is 24.2. The van der Waals surface area contributed by atoms with E-state index in [9.17, 15) is 13.5 Å². The van der Waals surface area contributed by atoms with Crippen LogP contribution in [0.25, 0.3) is 0 Å². The fraction of sp³-hybridized carbons (Fsp3) is 0.750. The first-order valence-corrected chi connectivity index (χ1v) is 8.47. The summed E-state index contributed by atoms with van der Waals surface area (Å²) in [6.45, 7) is 0.303. The Bertz CT molecular complexity index is 553. The molecule has 0 saturated heterocycles. The molecule has 1 fully saturated rings.